The summed E-state index contributed by atoms with van der Waals surface area (Å²) < 4.78 is 27.1. The quantitative estimate of drug-likeness (QED) is 0.751. The Morgan fingerprint density at radius 1 is 1.04 bits per heavy atom. The summed E-state index contributed by atoms with van der Waals surface area (Å²) in [7, 11) is -3.56. The maximum atomic E-state index is 12.8. The third kappa shape index (κ3) is 3.75. The molecule has 1 fully saturated rings. The Morgan fingerprint density at radius 2 is 1.73 bits per heavy atom. The molecule has 3 rings (SSSR count). The number of benzene rings is 1. The fourth-order valence-corrected chi connectivity index (χ4v) is 4.46. The van der Waals surface area contributed by atoms with Gasteiger partial charge in [0.2, 0.25) is 10.0 Å². The SMILES string of the molecule is Cc1ccc(S(=O)(=O)N2CCN(C(=O)c3ccc(Cl)nc3)CC2)cc1C. The summed E-state index contributed by atoms with van der Waals surface area (Å²) in [6, 6.07) is 8.33. The Balaban J connectivity index is 1.70. The van der Waals surface area contributed by atoms with E-state index in [9.17, 15) is 13.2 Å². The van der Waals surface area contributed by atoms with Gasteiger partial charge in [-0.1, -0.05) is 17.7 Å². The van der Waals surface area contributed by atoms with Crippen LogP contribution in [0.25, 0.3) is 0 Å². The van der Waals surface area contributed by atoms with Crippen molar-refractivity contribution < 1.29 is 13.2 Å². The molecule has 0 bridgehead atoms. The Kier molecular flexibility index (Phi) is 5.32. The number of carbonyl (C=O) groups excluding carboxylic acids is 1. The third-order valence-corrected chi connectivity index (χ3v) is 6.73. The van der Waals surface area contributed by atoms with Crippen molar-refractivity contribution in [1.29, 1.82) is 0 Å². The van der Waals surface area contributed by atoms with Crippen LogP contribution in [0, 0.1) is 13.8 Å². The molecule has 2 aromatic rings. The third-order valence-electron chi connectivity index (χ3n) is 4.62. The summed E-state index contributed by atoms with van der Waals surface area (Å²) in [6.07, 6.45) is 1.43. The molecule has 1 aromatic carbocycles. The van der Waals surface area contributed by atoms with Crippen LogP contribution < -0.4 is 0 Å². The summed E-state index contributed by atoms with van der Waals surface area (Å²) in [5, 5.41) is 0.325. The largest absolute Gasteiger partial charge is 0.336 e. The van der Waals surface area contributed by atoms with E-state index in [-0.39, 0.29) is 19.0 Å². The minimum atomic E-state index is -3.56. The fourth-order valence-electron chi connectivity index (χ4n) is 2.84. The number of amides is 1. The predicted octanol–water partition coefficient (Wildman–Crippen LogP) is 2.50. The van der Waals surface area contributed by atoms with Crippen LogP contribution in [0.15, 0.2) is 41.4 Å². The highest BCUT2D eigenvalue weighted by molar-refractivity contribution is 7.89. The van der Waals surface area contributed by atoms with Crippen LogP contribution in [0.4, 0.5) is 0 Å². The van der Waals surface area contributed by atoms with E-state index in [0.29, 0.717) is 28.7 Å². The molecule has 26 heavy (non-hydrogen) atoms. The summed E-state index contributed by atoms with van der Waals surface area (Å²) >= 11 is 5.74. The smallest absolute Gasteiger partial charge is 0.255 e. The molecule has 0 N–H and O–H groups in total. The predicted molar refractivity (Wildman–Crippen MR) is 99.8 cm³/mol. The van der Waals surface area contributed by atoms with Gasteiger partial charge in [-0.3, -0.25) is 4.79 Å². The molecular formula is C18H20ClN3O3S. The highest BCUT2D eigenvalue weighted by Crippen LogP contribution is 2.21. The van der Waals surface area contributed by atoms with Crippen molar-refractivity contribution in [3.8, 4) is 0 Å². The summed E-state index contributed by atoms with van der Waals surface area (Å²) in [4.78, 5) is 18.3. The average molecular weight is 394 g/mol. The summed E-state index contributed by atoms with van der Waals surface area (Å²) in [5.41, 5.74) is 2.44. The van der Waals surface area contributed by atoms with E-state index in [0.717, 1.165) is 11.1 Å². The fraction of sp³-hybridized carbons (Fsp3) is 0.333. The lowest BCUT2D eigenvalue weighted by Gasteiger charge is -2.34. The summed E-state index contributed by atoms with van der Waals surface area (Å²) in [6.45, 7) is 5.05. The van der Waals surface area contributed by atoms with E-state index >= 15 is 0 Å². The number of halogens is 1. The van der Waals surface area contributed by atoms with E-state index in [1.54, 1.807) is 29.2 Å². The minimum absolute atomic E-state index is 0.169. The Labute approximate surface area is 158 Å². The average Bonchev–Trinajstić information content (AvgIpc) is 2.64. The molecule has 6 nitrogen and oxygen atoms in total. The molecule has 0 saturated carbocycles. The van der Waals surface area contributed by atoms with Gasteiger partial charge < -0.3 is 4.90 Å². The van der Waals surface area contributed by atoms with Crippen LogP contribution in [0.2, 0.25) is 5.15 Å². The molecule has 0 spiro atoms. The molecule has 0 aliphatic carbocycles. The zero-order valence-corrected chi connectivity index (χ0v) is 16.2. The van der Waals surface area contributed by atoms with Crippen LogP contribution in [0.1, 0.15) is 21.5 Å². The monoisotopic (exact) mass is 393 g/mol. The number of piperazine rings is 1. The van der Waals surface area contributed by atoms with E-state index in [1.807, 2.05) is 19.9 Å². The standard InChI is InChI=1S/C18H20ClN3O3S/c1-13-3-5-16(11-14(13)2)26(24,25)22-9-7-21(8-10-22)18(23)15-4-6-17(19)20-12-15/h3-6,11-12H,7-10H2,1-2H3. The van der Waals surface area contributed by atoms with E-state index in [4.69, 9.17) is 11.6 Å². The first-order chi connectivity index (χ1) is 12.3. The van der Waals surface area contributed by atoms with Crippen molar-refractivity contribution in [2.24, 2.45) is 0 Å². The molecule has 1 amide bonds. The van der Waals surface area contributed by atoms with Crippen LogP contribution in [0.5, 0.6) is 0 Å². The van der Waals surface area contributed by atoms with E-state index < -0.39 is 10.0 Å². The van der Waals surface area contributed by atoms with E-state index in [1.165, 1.54) is 10.5 Å². The first-order valence-electron chi connectivity index (χ1n) is 8.27. The minimum Gasteiger partial charge on any atom is -0.336 e. The second kappa shape index (κ2) is 7.34. The second-order valence-electron chi connectivity index (χ2n) is 6.31. The van der Waals surface area contributed by atoms with Gasteiger partial charge >= 0.3 is 0 Å². The lowest BCUT2D eigenvalue weighted by molar-refractivity contribution is 0.0697. The number of aromatic nitrogens is 1. The highest BCUT2D eigenvalue weighted by Gasteiger charge is 2.30. The highest BCUT2D eigenvalue weighted by atomic mass is 35.5. The topological polar surface area (TPSA) is 70.6 Å². The molecule has 8 heteroatoms. The van der Waals surface area contributed by atoms with Crippen molar-refractivity contribution in [3.05, 3.63) is 58.4 Å². The zero-order valence-electron chi connectivity index (χ0n) is 14.6. The van der Waals surface area contributed by atoms with Crippen LogP contribution >= 0.6 is 11.6 Å². The van der Waals surface area contributed by atoms with Crippen LogP contribution in [-0.2, 0) is 10.0 Å². The molecular weight excluding hydrogens is 374 g/mol. The van der Waals surface area contributed by atoms with Crippen molar-refractivity contribution in [2.45, 2.75) is 18.7 Å². The Morgan fingerprint density at radius 3 is 2.31 bits per heavy atom. The van der Waals surface area contributed by atoms with Gasteiger partial charge in [0.25, 0.3) is 5.91 Å². The zero-order chi connectivity index (χ0) is 18.9. The number of nitrogens with zero attached hydrogens (tertiary/aromatic N) is 3. The van der Waals surface area contributed by atoms with Crippen molar-refractivity contribution in [3.63, 3.8) is 0 Å². The van der Waals surface area contributed by atoms with Gasteiger partial charge in [-0.25, -0.2) is 13.4 Å². The molecule has 0 atom stereocenters. The lowest BCUT2D eigenvalue weighted by Crippen LogP contribution is -2.50. The number of sulfonamides is 1. The van der Waals surface area contributed by atoms with Gasteiger partial charge in [0, 0.05) is 32.4 Å². The van der Waals surface area contributed by atoms with Crippen molar-refractivity contribution in [1.82, 2.24) is 14.2 Å². The molecule has 138 valence electrons. The number of pyridine rings is 1. The maximum absolute atomic E-state index is 12.8. The van der Waals surface area contributed by atoms with E-state index in [2.05, 4.69) is 4.98 Å². The number of carbonyl (C=O) groups is 1. The maximum Gasteiger partial charge on any atom is 0.255 e. The summed E-state index contributed by atoms with van der Waals surface area (Å²) in [5.74, 6) is -0.169. The number of aryl methyl sites for hydroxylation is 2. The van der Waals surface area contributed by atoms with Gasteiger partial charge in [-0.15, -0.1) is 0 Å². The Bertz CT molecular complexity index is 921. The van der Waals surface area contributed by atoms with Crippen molar-refractivity contribution >= 4 is 27.5 Å². The Hall–Kier alpha value is -1.96. The molecule has 2 heterocycles. The van der Waals surface area contributed by atoms with Crippen molar-refractivity contribution in [2.75, 3.05) is 26.2 Å². The van der Waals surface area contributed by atoms with Gasteiger partial charge in [-0.05, 0) is 49.2 Å². The second-order valence-corrected chi connectivity index (χ2v) is 8.64. The first-order valence-corrected chi connectivity index (χ1v) is 10.1. The normalized spacial score (nSPS) is 15.9. The molecule has 1 saturated heterocycles. The first kappa shape index (κ1) is 18.8. The number of hydrogen-bond donors (Lipinski definition) is 0. The number of hydrogen-bond acceptors (Lipinski definition) is 4. The van der Waals surface area contributed by atoms with Gasteiger partial charge in [0.05, 0.1) is 10.5 Å². The van der Waals surface area contributed by atoms with Gasteiger partial charge in [0.15, 0.2) is 0 Å². The number of rotatable bonds is 3. The molecule has 0 radical (unpaired) electrons. The van der Waals surface area contributed by atoms with Crippen LogP contribution in [0.3, 0.4) is 0 Å². The van der Waals surface area contributed by atoms with Gasteiger partial charge in [0.1, 0.15) is 5.15 Å². The lowest BCUT2D eigenvalue weighted by atomic mass is 10.1. The van der Waals surface area contributed by atoms with Crippen LogP contribution in [-0.4, -0.2) is 54.7 Å². The molecule has 0 unspecified atom stereocenters. The molecule has 1 aliphatic heterocycles. The molecule has 1 aliphatic rings. The molecule has 1 aromatic heterocycles. The van der Waals surface area contributed by atoms with Gasteiger partial charge in [-0.2, -0.15) is 4.31 Å².